The van der Waals surface area contributed by atoms with Gasteiger partial charge in [-0.2, -0.15) is 0 Å². The first kappa shape index (κ1) is 15.8. The molecule has 0 radical (unpaired) electrons. The standard InChI is InChI=1S/C17H20N2O.ClH/c1-13-2-7-17(19-12-13)20-16-5-3-14(4-6-16)15-8-10-18-11-9-15;/h2-7,12,15,18H,8-11H2,1H3;1H. The molecule has 112 valence electrons. The quantitative estimate of drug-likeness (QED) is 0.928. The van der Waals surface area contributed by atoms with E-state index in [0.717, 1.165) is 24.4 Å². The van der Waals surface area contributed by atoms with E-state index in [-0.39, 0.29) is 12.4 Å². The van der Waals surface area contributed by atoms with Crippen molar-refractivity contribution in [3.8, 4) is 11.6 Å². The number of hydrogen-bond donors (Lipinski definition) is 1. The number of ether oxygens (including phenoxy) is 1. The summed E-state index contributed by atoms with van der Waals surface area (Å²) >= 11 is 0. The van der Waals surface area contributed by atoms with Crippen molar-refractivity contribution in [3.05, 3.63) is 53.7 Å². The Morgan fingerprint density at radius 3 is 2.38 bits per heavy atom. The largest absolute Gasteiger partial charge is 0.439 e. The Labute approximate surface area is 132 Å². The number of halogens is 1. The highest BCUT2D eigenvalue weighted by atomic mass is 35.5. The van der Waals surface area contributed by atoms with Crippen molar-refractivity contribution in [1.29, 1.82) is 0 Å². The normalized spacial score (nSPS) is 15.3. The zero-order valence-electron chi connectivity index (χ0n) is 12.2. The molecule has 1 N–H and O–H groups in total. The summed E-state index contributed by atoms with van der Waals surface area (Å²) in [5, 5.41) is 3.40. The summed E-state index contributed by atoms with van der Waals surface area (Å²) in [7, 11) is 0. The number of nitrogens with zero attached hydrogens (tertiary/aromatic N) is 1. The predicted octanol–water partition coefficient (Wildman–Crippen LogP) is 4.07. The second-order valence-electron chi connectivity index (χ2n) is 5.37. The summed E-state index contributed by atoms with van der Waals surface area (Å²) in [4.78, 5) is 4.26. The van der Waals surface area contributed by atoms with E-state index in [4.69, 9.17) is 4.74 Å². The van der Waals surface area contributed by atoms with Crippen LogP contribution in [0.1, 0.15) is 29.9 Å². The Balaban J connectivity index is 0.00000161. The van der Waals surface area contributed by atoms with Gasteiger partial charge in [0.15, 0.2) is 0 Å². The number of aryl methyl sites for hydroxylation is 1. The van der Waals surface area contributed by atoms with Crippen LogP contribution in [0.2, 0.25) is 0 Å². The van der Waals surface area contributed by atoms with E-state index < -0.39 is 0 Å². The lowest BCUT2D eigenvalue weighted by molar-refractivity contribution is 0.454. The smallest absolute Gasteiger partial charge is 0.219 e. The van der Waals surface area contributed by atoms with E-state index in [1.165, 1.54) is 18.4 Å². The van der Waals surface area contributed by atoms with Crippen LogP contribution in [0.25, 0.3) is 0 Å². The van der Waals surface area contributed by atoms with Gasteiger partial charge < -0.3 is 10.1 Å². The minimum Gasteiger partial charge on any atom is -0.439 e. The van der Waals surface area contributed by atoms with Crippen LogP contribution in [0, 0.1) is 6.92 Å². The van der Waals surface area contributed by atoms with Gasteiger partial charge in [0.25, 0.3) is 0 Å². The number of pyridine rings is 1. The fourth-order valence-electron chi connectivity index (χ4n) is 2.60. The number of aromatic nitrogens is 1. The predicted molar refractivity (Wildman–Crippen MR) is 87.6 cm³/mol. The molecule has 1 aromatic heterocycles. The van der Waals surface area contributed by atoms with Gasteiger partial charge in [0, 0.05) is 12.3 Å². The fourth-order valence-corrected chi connectivity index (χ4v) is 2.60. The van der Waals surface area contributed by atoms with Crippen LogP contribution in [-0.4, -0.2) is 18.1 Å². The second-order valence-corrected chi connectivity index (χ2v) is 5.37. The Morgan fingerprint density at radius 2 is 1.76 bits per heavy atom. The van der Waals surface area contributed by atoms with Crippen molar-refractivity contribution in [3.63, 3.8) is 0 Å². The second kappa shape index (κ2) is 7.43. The number of rotatable bonds is 3. The van der Waals surface area contributed by atoms with Crippen LogP contribution in [0.3, 0.4) is 0 Å². The van der Waals surface area contributed by atoms with Gasteiger partial charge in [-0.25, -0.2) is 4.98 Å². The van der Waals surface area contributed by atoms with Crippen molar-refractivity contribution in [2.24, 2.45) is 0 Å². The number of piperidine rings is 1. The third-order valence-corrected chi connectivity index (χ3v) is 3.80. The summed E-state index contributed by atoms with van der Waals surface area (Å²) in [6, 6.07) is 12.3. The molecule has 0 saturated carbocycles. The van der Waals surface area contributed by atoms with E-state index >= 15 is 0 Å². The summed E-state index contributed by atoms with van der Waals surface area (Å²) in [5.41, 5.74) is 2.55. The maximum Gasteiger partial charge on any atom is 0.219 e. The number of hydrogen-bond acceptors (Lipinski definition) is 3. The molecule has 3 nitrogen and oxygen atoms in total. The molecular formula is C17H21ClN2O. The molecule has 0 atom stereocenters. The molecule has 2 heterocycles. The van der Waals surface area contributed by atoms with Gasteiger partial charge >= 0.3 is 0 Å². The maximum absolute atomic E-state index is 5.75. The van der Waals surface area contributed by atoms with Crippen LogP contribution in [0.15, 0.2) is 42.6 Å². The summed E-state index contributed by atoms with van der Waals surface area (Å²) in [5.74, 6) is 2.17. The van der Waals surface area contributed by atoms with Crippen molar-refractivity contribution in [1.82, 2.24) is 10.3 Å². The molecule has 3 rings (SSSR count). The van der Waals surface area contributed by atoms with Gasteiger partial charge in [-0.3, -0.25) is 0 Å². The molecule has 0 spiro atoms. The highest BCUT2D eigenvalue weighted by Gasteiger charge is 2.14. The minimum atomic E-state index is 0. The summed E-state index contributed by atoms with van der Waals surface area (Å²) in [6.07, 6.45) is 4.26. The Bertz CT molecular complexity index is 548. The molecular weight excluding hydrogens is 284 g/mol. The first-order valence-corrected chi connectivity index (χ1v) is 7.22. The summed E-state index contributed by atoms with van der Waals surface area (Å²) in [6.45, 7) is 4.26. The van der Waals surface area contributed by atoms with Crippen LogP contribution >= 0.6 is 12.4 Å². The highest BCUT2D eigenvalue weighted by Crippen LogP contribution is 2.27. The van der Waals surface area contributed by atoms with E-state index in [1.807, 2.05) is 37.4 Å². The van der Waals surface area contributed by atoms with E-state index in [0.29, 0.717) is 11.8 Å². The molecule has 1 aromatic carbocycles. The zero-order chi connectivity index (χ0) is 13.8. The van der Waals surface area contributed by atoms with Crippen LogP contribution < -0.4 is 10.1 Å². The van der Waals surface area contributed by atoms with Gasteiger partial charge in [-0.1, -0.05) is 18.2 Å². The van der Waals surface area contributed by atoms with Crippen molar-refractivity contribution >= 4 is 12.4 Å². The lowest BCUT2D eigenvalue weighted by Crippen LogP contribution is -2.26. The molecule has 1 fully saturated rings. The first-order chi connectivity index (χ1) is 9.81. The zero-order valence-corrected chi connectivity index (χ0v) is 13.0. The maximum atomic E-state index is 5.75. The van der Waals surface area contributed by atoms with Gasteiger partial charge in [-0.15, -0.1) is 12.4 Å². The van der Waals surface area contributed by atoms with Crippen molar-refractivity contribution in [2.45, 2.75) is 25.7 Å². The van der Waals surface area contributed by atoms with Crippen LogP contribution in [-0.2, 0) is 0 Å². The lowest BCUT2D eigenvalue weighted by Gasteiger charge is -2.23. The van der Waals surface area contributed by atoms with Gasteiger partial charge in [0.05, 0.1) is 0 Å². The Kier molecular flexibility index (Phi) is 5.59. The van der Waals surface area contributed by atoms with Gasteiger partial charge in [0.1, 0.15) is 5.75 Å². The molecule has 21 heavy (non-hydrogen) atoms. The SMILES string of the molecule is Cc1ccc(Oc2ccc(C3CCNCC3)cc2)nc1.Cl. The summed E-state index contributed by atoms with van der Waals surface area (Å²) < 4.78 is 5.75. The van der Waals surface area contributed by atoms with E-state index in [1.54, 1.807) is 0 Å². The van der Waals surface area contributed by atoms with Crippen molar-refractivity contribution < 1.29 is 4.74 Å². The molecule has 0 amide bonds. The molecule has 2 aromatic rings. The Hall–Kier alpha value is -1.58. The molecule has 1 aliphatic heterocycles. The third-order valence-electron chi connectivity index (χ3n) is 3.80. The number of benzene rings is 1. The topological polar surface area (TPSA) is 34.1 Å². The molecule has 1 aliphatic rings. The van der Waals surface area contributed by atoms with E-state index in [2.05, 4.69) is 22.4 Å². The van der Waals surface area contributed by atoms with E-state index in [9.17, 15) is 0 Å². The highest BCUT2D eigenvalue weighted by molar-refractivity contribution is 5.85. The van der Waals surface area contributed by atoms with Crippen molar-refractivity contribution in [2.75, 3.05) is 13.1 Å². The average Bonchev–Trinajstić information content (AvgIpc) is 2.51. The first-order valence-electron chi connectivity index (χ1n) is 7.22. The molecule has 0 unspecified atom stereocenters. The molecule has 0 aliphatic carbocycles. The fraction of sp³-hybridized carbons (Fsp3) is 0.353. The molecule has 4 heteroatoms. The lowest BCUT2D eigenvalue weighted by atomic mass is 9.90. The third kappa shape index (κ3) is 4.19. The average molecular weight is 305 g/mol. The Morgan fingerprint density at radius 1 is 1.05 bits per heavy atom. The monoisotopic (exact) mass is 304 g/mol. The van der Waals surface area contributed by atoms with Crippen LogP contribution in [0.4, 0.5) is 0 Å². The number of nitrogens with one attached hydrogen (secondary N) is 1. The molecule has 0 bridgehead atoms. The van der Waals surface area contributed by atoms with Crippen LogP contribution in [0.5, 0.6) is 11.6 Å². The van der Waals surface area contributed by atoms with Gasteiger partial charge in [0.2, 0.25) is 5.88 Å². The molecule has 1 saturated heterocycles. The minimum absolute atomic E-state index is 0. The van der Waals surface area contributed by atoms with Gasteiger partial charge in [-0.05, 0) is 62.0 Å².